The molecule has 0 N–H and O–H groups in total. The zero-order chi connectivity index (χ0) is 18.5. The van der Waals surface area contributed by atoms with Gasteiger partial charge in [0.2, 0.25) is 0 Å². The number of esters is 2. The van der Waals surface area contributed by atoms with Gasteiger partial charge in [-0.1, -0.05) is 52.0 Å². The normalized spacial score (nSPS) is 11.8. The summed E-state index contributed by atoms with van der Waals surface area (Å²) in [5.41, 5.74) is 0.784. The van der Waals surface area contributed by atoms with Gasteiger partial charge in [0.15, 0.2) is 0 Å². The highest BCUT2D eigenvalue weighted by molar-refractivity contribution is 5.95. The third-order valence-electron chi connectivity index (χ3n) is 4.09. The fraction of sp³-hybridized carbons (Fsp3) is 0.619. The Morgan fingerprint density at radius 3 is 2.24 bits per heavy atom. The van der Waals surface area contributed by atoms with Gasteiger partial charge >= 0.3 is 11.9 Å². The number of unbranched alkanes of at least 4 members (excludes halogenated alkanes) is 5. The van der Waals surface area contributed by atoms with E-state index in [9.17, 15) is 9.59 Å². The fourth-order valence-electron chi connectivity index (χ4n) is 2.54. The van der Waals surface area contributed by atoms with Crippen molar-refractivity contribution >= 4 is 11.9 Å². The van der Waals surface area contributed by atoms with Crippen LogP contribution in [0.2, 0.25) is 0 Å². The van der Waals surface area contributed by atoms with Crippen LogP contribution in [0.3, 0.4) is 0 Å². The number of carbonyl (C=O) groups excluding carboxylic acids is 2. The van der Waals surface area contributed by atoms with Crippen LogP contribution in [-0.2, 0) is 9.47 Å². The molecule has 4 heteroatoms. The number of ether oxygens (including phenoxy) is 2. The maximum atomic E-state index is 12.2. The molecule has 1 aromatic carbocycles. The molecule has 0 heterocycles. The van der Waals surface area contributed by atoms with E-state index in [0.717, 1.165) is 51.4 Å². The Morgan fingerprint density at radius 2 is 1.56 bits per heavy atom. The summed E-state index contributed by atoms with van der Waals surface area (Å²) in [4.78, 5) is 24.3. The second kappa shape index (κ2) is 12.5. The molecular weight excluding hydrogens is 316 g/mol. The van der Waals surface area contributed by atoms with Gasteiger partial charge in [0, 0.05) is 0 Å². The lowest BCUT2D eigenvalue weighted by atomic mass is 10.1. The average molecular weight is 348 g/mol. The van der Waals surface area contributed by atoms with Crippen molar-refractivity contribution in [3.05, 3.63) is 35.4 Å². The SMILES string of the molecule is CCCCCCOC(=O)c1cccc(C(=O)OC(C)CCCCC)c1. The van der Waals surface area contributed by atoms with Gasteiger partial charge in [-0.25, -0.2) is 9.59 Å². The Bertz CT molecular complexity index is 524. The molecule has 0 spiro atoms. The Kier molecular flexibility index (Phi) is 10.6. The number of hydrogen-bond donors (Lipinski definition) is 0. The molecule has 0 bridgehead atoms. The highest BCUT2D eigenvalue weighted by Crippen LogP contribution is 2.12. The summed E-state index contributed by atoms with van der Waals surface area (Å²) in [6.07, 6.45) is 8.31. The Morgan fingerprint density at radius 1 is 0.920 bits per heavy atom. The predicted molar refractivity (Wildman–Crippen MR) is 99.9 cm³/mol. The maximum absolute atomic E-state index is 12.2. The third kappa shape index (κ3) is 8.71. The van der Waals surface area contributed by atoms with E-state index in [1.165, 1.54) is 0 Å². The molecule has 0 fully saturated rings. The van der Waals surface area contributed by atoms with Gasteiger partial charge in [0.25, 0.3) is 0 Å². The molecule has 0 aliphatic heterocycles. The molecule has 25 heavy (non-hydrogen) atoms. The third-order valence-corrected chi connectivity index (χ3v) is 4.09. The van der Waals surface area contributed by atoms with Crippen molar-refractivity contribution in [1.29, 1.82) is 0 Å². The van der Waals surface area contributed by atoms with Crippen molar-refractivity contribution in [2.24, 2.45) is 0 Å². The molecule has 1 unspecified atom stereocenters. The predicted octanol–water partition coefficient (Wildman–Crippen LogP) is 5.55. The number of benzene rings is 1. The summed E-state index contributed by atoms with van der Waals surface area (Å²) in [5, 5.41) is 0. The highest BCUT2D eigenvalue weighted by Gasteiger charge is 2.15. The lowest BCUT2D eigenvalue weighted by molar-refractivity contribution is 0.0319. The van der Waals surface area contributed by atoms with Crippen LogP contribution in [0.4, 0.5) is 0 Å². The van der Waals surface area contributed by atoms with Crippen LogP contribution in [0.5, 0.6) is 0 Å². The number of hydrogen-bond acceptors (Lipinski definition) is 4. The molecule has 0 amide bonds. The lowest BCUT2D eigenvalue weighted by Gasteiger charge is -2.13. The van der Waals surface area contributed by atoms with Crippen molar-refractivity contribution in [2.75, 3.05) is 6.61 Å². The first-order valence-corrected chi connectivity index (χ1v) is 9.56. The van der Waals surface area contributed by atoms with Crippen LogP contribution >= 0.6 is 0 Å². The van der Waals surface area contributed by atoms with Crippen LogP contribution in [0.15, 0.2) is 24.3 Å². The van der Waals surface area contributed by atoms with E-state index in [2.05, 4.69) is 13.8 Å². The fourth-order valence-corrected chi connectivity index (χ4v) is 2.54. The molecule has 4 nitrogen and oxygen atoms in total. The molecule has 1 rings (SSSR count). The highest BCUT2D eigenvalue weighted by atomic mass is 16.5. The molecule has 0 saturated carbocycles. The van der Waals surface area contributed by atoms with E-state index in [-0.39, 0.29) is 18.0 Å². The largest absolute Gasteiger partial charge is 0.462 e. The second-order valence-corrected chi connectivity index (χ2v) is 6.49. The summed E-state index contributed by atoms with van der Waals surface area (Å²) < 4.78 is 10.7. The second-order valence-electron chi connectivity index (χ2n) is 6.49. The first-order chi connectivity index (χ1) is 12.1. The lowest BCUT2D eigenvalue weighted by Crippen LogP contribution is -2.16. The molecule has 0 radical (unpaired) electrons. The van der Waals surface area contributed by atoms with E-state index >= 15 is 0 Å². The quantitative estimate of drug-likeness (QED) is 0.367. The van der Waals surface area contributed by atoms with Crippen molar-refractivity contribution in [3.8, 4) is 0 Å². The van der Waals surface area contributed by atoms with Crippen LogP contribution in [-0.4, -0.2) is 24.6 Å². The van der Waals surface area contributed by atoms with E-state index in [1.54, 1.807) is 24.3 Å². The number of rotatable bonds is 12. The monoisotopic (exact) mass is 348 g/mol. The summed E-state index contributed by atoms with van der Waals surface area (Å²) in [6.45, 7) is 6.61. The van der Waals surface area contributed by atoms with Gasteiger partial charge in [-0.15, -0.1) is 0 Å². The summed E-state index contributed by atoms with van der Waals surface area (Å²) in [7, 11) is 0. The van der Waals surface area contributed by atoms with Gasteiger partial charge in [0.05, 0.1) is 23.8 Å². The van der Waals surface area contributed by atoms with E-state index in [0.29, 0.717) is 17.7 Å². The zero-order valence-electron chi connectivity index (χ0n) is 15.9. The van der Waals surface area contributed by atoms with Crippen molar-refractivity contribution in [1.82, 2.24) is 0 Å². The summed E-state index contributed by atoms with van der Waals surface area (Å²) in [5.74, 6) is -0.774. The smallest absolute Gasteiger partial charge is 0.338 e. The van der Waals surface area contributed by atoms with Gasteiger partial charge < -0.3 is 9.47 Å². The summed E-state index contributed by atoms with van der Waals surface area (Å²) >= 11 is 0. The van der Waals surface area contributed by atoms with Crippen molar-refractivity contribution in [2.45, 2.75) is 78.2 Å². The average Bonchev–Trinajstić information content (AvgIpc) is 2.61. The molecule has 0 aromatic heterocycles. The van der Waals surface area contributed by atoms with Gasteiger partial charge in [-0.05, 0) is 44.4 Å². The Balaban J connectivity index is 2.49. The number of carbonyl (C=O) groups is 2. The van der Waals surface area contributed by atoms with Gasteiger partial charge in [-0.2, -0.15) is 0 Å². The van der Waals surface area contributed by atoms with Crippen LogP contribution in [0.1, 0.15) is 92.9 Å². The zero-order valence-corrected chi connectivity index (χ0v) is 15.9. The van der Waals surface area contributed by atoms with E-state index in [4.69, 9.17) is 9.47 Å². The molecule has 0 saturated heterocycles. The first-order valence-electron chi connectivity index (χ1n) is 9.56. The van der Waals surface area contributed by atoms with Gasteiger partial charge in [-0.3, -0.25) is 0 Å². The van der Waals surface area contributed by atoms with Gasteiger partial charge in [0.1, 0.15) is 0 Å². The minimum absolute atomic E-state index is 0.117. The molecule has 140 valence electrons. The van der Waals surface area contributed by atoms with E-state index in [1.807, 2.05) is 6.92 Å². The maximum Gasteiger partial charge on any atom is 0.338 e. The molecule has 0 aliphatic rings. The summed E-state index contributed by atoms with van der Waals surface area (Å²) in [6, 6.07) is 6.57. The Hall–Kier alpha value is -1.84. The molecule has 1 aromatic rings. The van der Waals surface area contributed by atoms with Crippen LogP contribution in [0.25, 0.3) is 0 Å². The minimum atomic E-state index is -0.387. The topological polar surface area (TPSA) is 52.6 Å². The van der Waals surface area contributed by atoms with Crippen molar-refractivity contribution in [3.63, 3.8) is 0 Å². The molecule has 0 aliphatic carbocycles. The standard InChI is InChI=1S/C21H32O4/c1-4-6-8-10-15-24-20(22)18-13-11-14-19(16-18)21(23)25-17(3)12-9-7-5-2/h11,13-14,16-17H,4-10,12,15H2,1-3H3. The van der Waals surface area contributed by atoms with E-state index < -0.39 is 0 Å². The van der Waals surface area contributed by atoms with Crippen molar-refractivity contribution < 1.29 is 19.1 Å². The molecule has 1 atom stereocenters. The van der Waals surface area contributed by atoms with Crippen LogP contribution < -0.4 is 0 Å². The van der Waals surface area contributed by atoms with Crippen LogP contribution in [0, 0.1) is 0 Å². The minimum Gasteiger partial charge on any atom is -0.462 e. The molecular formula is C21H32O4. The Labute approximate surface area is 151 Å². The first kappa shape index (κ1) is 21.2.